The zero-order valence-corrected chi connectivity index (χ0v) is 13.2. The summed E-state index contributed by atoms with van der Waals surface area (Å²) >= 11 is 1.69. The summed E-state index contributed by atoms with van der Waals surface area (Å²) in [5.41, 5.74) is 11.4. The first-order valence-corrected chi connectivity index (χ1v) is 8.29. The van der Waals surface area contributed by atoms with Gasteiger partial charge >= 0.3 is 0 Å². The molecule has 1 aliphatic heterocycles. The highest BCUT2D eigenvalue weighted by molar-refractivity contribution is 7.14. The molecule has 3 aromatic rings. The van der Waals surface area contributed by atoms with Gasteiger partial charge in [0.15, 0.2) is 5.13 Å². The van der Waals surface area contributed by atoms with Crippen LogP contribution in [0.25, 0.3) is 11.3 Å². The maximum absolute atomic E-state index is 5.88. The summed E-state index contributed by atoms with van der Waals surface area (Å²) in [6.45, 7) is 2.25. The number of anilines is 3. The lowest BCUT2D eigenvalue weighted by atomic mass is 10.1. The highest BCUT2D eigenvalue weighted by Crippen LogP contribution is 2.40. The van der Waals surface area contributed by atoms with Crippen molar-refractivity contribution in [1.29, 1.82) is 0 Å². The van der Waals surface area contributed by atoms with Gasteiger partial charge in [-0.1, -0.05) is 30.3 Å². The van der Waals surface area contributed by atoms with Gasteiger partial charge in [0.25, 0.3) is 0 Å². The summed E-state index contributed by atoms with van der Waals surface area (Å²) in [5.74, 6) is 0. The van der Waals surface area contributed by atoms with E-state index in [9.17, 15) is 0 Å². The van der Waals surface area contributed by atoms with Crippen LogP contribution in [0.5, 0.6) is 0 Å². The monoisotopic (exact) mass is 307 g/mol. The Labute approximate surface area is 134 Å². The molecular formula is C18H17N3S. The van der Waals surface area contributed by atoms with E-state index in [-0.39, 0.29) is 0 Å². The standard InChI is InChI=1S/C18H17N3S/c1-12-9-14-5-2-3-8-17(14)21(12)18-20-16(11-22-18)13-6-4-7-15(19)10-13/h2-8,10-12H,9,19H2,1H3. The Kier molecular flexibility index (Phi) is 3.12. The molecule has 110 valence electrons. The Morgan fingerprint density at radius 2 is 2.05 bits per heavy atom. The van der Waals surface area contributed by atoms with Gasteiger partial charge in [0.2, 0.25) is 0 Å². The molecule has 0 saturated heterocycles. The smallest absolute Gasteiger partial charge is 0.190 e. The van der Waals surface area contributed by atoms with Crippen molar-refractivity contribution >= 4 is 27.8 Å². The number of hydrogen-bond acceptors (Lipinski definition) is 4. The molecule has 0 fully saturated rings. The molecule has 1 unspecified atom stereocenters. The molecular weight excluding hydrogens is 290 g/mol. The van der Waals surface area contributed by atoms with Crippen LogP contribution in [0.3, 0.4) is 0 Å². The van der Waals surface area contributed by atoms with Gasteiger partial charge in [-0.3, -0.25) is 0 Å². The van der Waals surface area contributed by atoms with Gasteiger partial charge < -0.3 is 10.6 Å². The number of nitrogens with two attached hydrogens (primary N) is 1. The molecule has 4 heteroatoms. The molecule has 1 aromatic heterocycles. The topological polar surface area (TPSA) is 42.2 Å². The van der Waals surface area contributed by atoms with Crippen LogP contribution in [-0.4, -0.2) is 11.0 Å². The van der Waals surface area contributed by atoms with Gasteiger partial charge in [-0.15, -0.1) is 11.3 Å². The van der Waals surface area contributed by atoms with E-state index in [0.717, 1.165) is 28.5 Å². The summed E-state index contributed by atoms with van der Waals surface area (Å²) < 4.78 is 0. The van der Waals surface area contributed by atoms with E-state index in [2.05, 4.69) is 47.5 Å². The average Bonchev–Trinajstić information content (AvgIpc) is 3.10. The highest BCUT2D eigenvalue weighted by Gasteiger charge is 2.28. The van der Waals surface area contributed by atoms with Crippen molar-refractivity contribution in [2.24, 2.45) is 0 Å². The second kappa shape index (κ2) is 5.14. The van der Waals surface area contributed by atoms with Gasteiger partial charge in [0, 0.05) is 28.4 Å². The fourth-order valence-corrected chi connectivity index (χ4v) is 4.01. The van der Waals surface area contributed by atoms with E-state index in [1.54, 1.807) is 11.3 Å². The van der Waals surface area contributed by atoms with Crippen LogP contribution in [0.2, 0.25) is 0 Å². The van der Waals surface area contributed by atoms with Crippen LogP contribution in [0.15, 0.2) is 53.9 Å². The normalized spacial score (nSPS) is 16.8. The number of rotatable bonds is 2. The number of nitrogen functional groups attached to an aromatic ring is 1. The van der Waals surface area contributed by atoms with Gasteiger partial charge in [-0.25, -0.2) is 4.98 Å². The van der Waals surface area contributed by atoms with Gasteiger partial charge in [0.05, 0.1) is 5.69 Å². The average molecular weight is 307 g/mol. The van der Waals surface area contributed by atoms with Crippen molar-refractivity contribution in [3.63, 3.8) is 0 Å². The number of hydrogen-bond donors (Lipinski definition) is 1. The lowest BCUT2D eigenvalue weighted by Gasteiger charge is -2.21. The lowest BCUT2D eigenvalue weighted by molar-refractivity contribution is 0.757. The zero-order valence-electron chi connectivity index (χ0n) is 12.4. The molecule has 3 nitrogen and oxygen atoms in total. The predicted molar refractivity (Wildman–Crippen MR) is 93.7 cm³/mol. The highest BCUT2D eigenvalue weighted by atomic mass is 32.1. The fraction of sp³-hybridized carbons (Fsp3) is 0.167. The van der Waals surface area contributed by atoms with E-state index in [0.29, 0.717) is 6.04 Å². The van der Waals surface area contributed by atoms with Gasteiger partial charge in [0.1, 0.15) is 0 Å². The number of para-hydroxylation sites is 1. The van der Waals surface area contributed by atoms with E-state index in [4.69, 9.17) is 10.7 Å². The van der Waals surface area contributed by atoms with Crippen LogP contribution in [0.1, 0.15) is 12.5 Å². The van der Waals surface area contributed by atoms with E-state index >= 15 is 0 Å². The predicted octanol–water partition coefficient (Wildman–Crippen LogP) is 4.48. The molecule has 2 heterocycles. The summed E-state index contributed by atoms with van der Waals surface area (Å²) in [6.07, 6.45) is 1.07. The lowest BCUT2D eigenvalue weighted by Crippen LogP contribution is -2.23. The van der Waals surface area contributed by atoms with Crippen molar-refractivity contribution < 1.29 is 0 Å². The third-order valence-corrected chi connectivity index (χ3v) is 4.93. The minimum Gasteiger partial charge on any atom is -0.399 e. The number of thiazole rings is 1. The zero-order chi connectivity index (χ0) is 15.1. The third-order valence-electron chi connectivity index (χ3n) is 4.09. The summed E-state index contributed by atoms with van der Waals surface area (Å²) in [4.78, 5) is 7.18. The molecule has 22 heavy (non-hydrogen) atoms. The summed E-state index contributed by atoms with van der Waals surface area (Å²) in [7, 11) is 0. The molecule has 0 spiro atoms. The van der Waals surface area contributed by atoms with Crippen LogP contribution in [0.4, 0.5) is 16.5 Å². The first-order chi connectivity index (χ1) is 10.7. The van der Waals surface area contributed by atoms with Crippen molar-refractivity contribution in [1.82, 2.24) is 4.98 Å². The molecule has 0 radical (unpaired) electrons. The molecule has 0 aliphatic carbocycles. The Balaban J connectivity index is 1.73. The molecule has 2 aromatic carbocycles. The molecule has 2 N–H and O–H groups in total. The van der Waals surface area contributed by atoms with Gasteiger partial charge in [-0.2, -0.15) is 0 Å². The molecule has 0 bridgehead atoms. The first kappa shape index (κ1) is 13.3. The minimum atomic E-state index is 0.442. The van der Waals surface area contributed by atoms with E-state index in [1.807, 2.05) is 18.2 Å². The minimum absolute atomic E-state index is 0.442. The largest absolute Gasteiger partial charge is 0.399 e. The second-order valence-electron chi connectivity index (χ2n) is 5.69. The third kappa shape index (κ3) is 2.16. The molecule has 1 atom stereocenters. The fourth-order valence-electron chi connectivity index (χ4n) is 3.06. The molecule has 1 aliphatic rings. The summed E-state index contributed by atoms with van der Waals surface area (Å²) in [5, 5.41) is 3.16. The Morgan fingerprint density at radius 3 is 2.91 bits per heavy atom. The van der Waals surface area contributed by atoms with Crippen LogP contribution in [-0.2, 0) is 6.42 Å². The quantitative estimate of drug-likeness (QED) is 0.710. The van der Waals surface area contributed by atoms with Crippen molar-refractivity contribution in [3.05, 3.63) is 59.5 Å². The van der Waals surface area contributed by atoms with Crippen molar-refractivity contribution in [3.8, 4) is 11.3 Å². The molecule has 0 saturated carbocycles. The van der Waals surface area contributed by atoms with Crippen molar-refractivity contribution in [2.75, 3.05) is 10.6 Å². The maximum atomic E-state index is 5.88. The van der Waals surface area contributed by atoms with E-state index < -0.39 is 0 Å². The molecule has 4 rings (SSSR count). The number of benzene rings is 2. The number of nitrogens with zero attached hydrogens (tertiary/aromatic N) is 2. The van der Waals surface area contributed by atoms with Crippen LogP contribution >= 0.6 is 11.3 Å². The maximum Gasteiger partial charge on any atom is 0.190 e. The molecule has 0 amide bonds. The Bertz CT molecular complexity index is 824. The van der Waals surface area contributed by atoms with Gasteiger partial charge in [-0.05, 0) is 37.1 Å². The Hall–Kier alpha value is -2.33. The number of fused-ring (bicyclic) bond motifs is 1. The Morgan fingerprint density at radius 1 is 1.18 bits per heavy atom. The van der Waals surface area contributed by atoms with Crippen LogP contribution in [0, 0.1) is 0 Å². The first-order valence-electron chi connectivity index (χ1n) is 7.41. The van der Waals surface area contributed by atoms with E-state index in [1.165, 1.54) is 11.3 Å². The van der Waals surface area contributed by atoms with Crippen molar-refractivity contribution in [2.45, 2.75) is 19.4 Å². The van der Waals surface area contributed by atoms with Crippen LogP contribution < -0.4 is 10.6 Å². The summed E-state index contributed by atoms with van der Waals surface area (Å²) in [6, 6.07) is 16.9. The SMILES string of the molecule is CC1Cc2ccccc2N1c1nc(-c2cccc(N)c2)cs1. The number of aromatic nitrogens is 1. The second-order valence-corrected chi connectivity index (χ2v) is 6.53.